The van der Waals surface area contributed by atoms with Gasteiger partial charge < -0.3 is 25.7 Å². The SMILES string of the molecule is CNS(=O)(=O)c1ccc(O)c(/N=N/c2cc(S(=O)(=O)O)c3cc(Nc4ccc5cc(/N=N/c6c(O)cccc6S(=O)(=O)NC)c(O)cc5c4)ccc3c2O)c1. The first-order valence-corrected chi connectivity index (χ1v) is 20.0. The maximum Gasteiger partial charge on any atom is 0.295 e. The Morgan fingerprint density at radius 1 is 0.527 bits per heavy atom. The molecular formula is C34H29N7O11S3. The second kappa shape index (κ2) is 14.5. The highest BCUT2D eigenvalue weighted by Crippen LogP contribution is 2.43. The first kappa shape index (κ1) is 38.5. The third-order valence-electron chi connectivity index (χ3n) is 8.14. The van der Waals surface area contributed by atoms with Crippen LogP contribution in [-0.4, -0.2) is 64.3 Å². The number of aromatic hydroxyl groups is 4. The summed E-state index contributed by atoms with van der Waals surface area (Å²) in [6.45, 7) is 0. The normalized spacial score (nSPS) is 12.6. The molecule has 0 bridgehead atoms. The van der Waals surface area contributed by atoms with Gasteiger partial charge in [0, 0.05) is 22.1 Å². The largest absolute Gasteiger partial charge is 0.506 e. The van der Waals surface area contributed by atoms with Crippen molar-refractivity contribution in [2.75, 3.05) is 19.4 Å². The summed E-state index contributed by atoms with van der Waals surface area (Å²) in [6, 6.07) is 19.9. The fourth-order valence-corrected chi connectivity index (χ4v) is 7.68. The molecular weight excluding hydrogens is 779 g/mol. The topological polar surface area (TPSA) is 289 Å². The fourth-order valence-electron chi connectivity index (χ4n) is 5.35. The molecule has 55 heavy (non-hydrogen) atoms. The Hall–Kier alpha value is -6.23. The van der Waals surface area contributed by atoms with Crippen LogP contribution in [0.3, 0.4) is 0 Å². The Morgan fingerprint density at radius 3 is 1.89 bits per heavy atom. The number of nitrogens with one attached hydrogen (secondary N) is 3. The molecule has 6 aromatic carbocycles. The molecule has 0 atom stereocenters. The van der Waals surface area contributed by atoms with Gasteiger partial charge in [-0.3, -0.25) is 4.55 Å². The van der Waals surface area contributed by atoms with E-state index >= 15 is 0 Å². The second-order valence-corrected chi connectivity index (χ2v) is 16.7. The monoisotopic (exact) mass is 807 g/mol. The van der Waals surface area contributed by atoms with E-state index in [1.54, 1.807) is 18.2 Å². The molecule has 0 aromatic heterocycles. The molecule has 0 saturated heterocycles. The van der Waals surface area contributed by atoms with E-state index in [1.165, 1.54) is 62.6 Å². The van der Waals surface area contributed by atoms with Gasteiger partial charge in [-0.15, -0.1) is 20.5 Å². The zero-order valence-corrected chi connectivity index (χ0v) is 30.8. The molecule has 284 valence electrons. The number of benzene rings is 6. The van der Waals surface area contributed by atoms with E-state index in [2.05, 4.69) is 35.2 Å². The van der Waals surface area contributed by atoms with Gasteiger partial charge in [0.15, 0.2) is 5.75 Å². The minimum absolute atomic E-state index is 0.0256. The number of hydrogen-bond acceptors (Lipinski definition) is 15. The van der Waals surface area contributed by atoms with Crippen LogP contribution in [0.5, 0.6) is 23.0 Å². The van der Waals surface area contributed by atoms with Crippen molar-refractivity contribution >= 4 is 85.8 Å². The Morgan fingerprint density at radius 2 is 1.18 bits per heavy atom. The van der Waals surface area contributed by atoms with Crippen molar-refractivity contribution in [1.82, 2.24) is 9.44 Å². The van der Waals surface area contributed by atoms with Gasteiger partial charge in [0.25, 0.3) is 10.1 Å². The molecule has 6 rings (SSSR count). The third kappa shape index (κ3) is 7.87. The van der Waals surface area contributed by atoms with Gasteiger partial charge in [-0.25, -0.2) is 26.3 Å². The lowest BCUT2D eigenvalue weighted by Crippen LogP contribution is -2.18. The van der Waals surface area contributed by atoms with Crippen LogP contribution in [0, 0.1) is 0 Å². The summed E-state index contributed by atoms with van der Waals surface area (Å²) >= 11 is 0. The lowest BCUT2D eigenvalue weighted by molar-refractivity contribution is 0.473. The molecule has 0 spiro atoms. The van der Waals surface area contributed by atoms with Gasteiger partial charge in [-0.2, -0.15) is 8.42 Å². The summed E-state index contributed by atoms with van der Waals surface area (Å²) in [5.41, 5.74) is -0.286. The van der Waals surface area contributed by atoms with Crippen LogP contribution < -0.4 is 14.8 Å². The summed E-state index contributed by atoms with van der Waals surface area (Å²) in [5.74, 6) is -1.76. The Balaban J connectivity index is 1.32. The van der Waals surface area contributed by atoms with Crippen LogP contribution in [0.1, 0.15) is 0 Å². The van der Waals surface area contributed by atoms with Crippen molar-refractivity contribution in [1.29, 1.82) is 0 Å². The maximum absolute atomic E-state index is 12.5. The molecule has 18 nitrogen and oxygen atoms in total. The van der Waals surface area contributed by atoms with Crippen LogP contribution in [0.2, 0.25) is 0 Å². The molecule has 0 aliphatic carbocycles. The first-order chi connectivity index (χ1) is 25.9. The van der Waals surface area contributed by atoms with Gasteiger partial charge in [0.2, 0.25) is 20.0 Å². The molecule has 0 heterocycles. The Kier molecular flexibility index (Phi) is 10.2. The second-order valence-electron chi connectivity index (χ2n) is 11.6. The van der Waals surface area contributed by atoms with E-state index in [0.29, 0.717) is 22.1 Å². The molecule has 0 fully saturated rings. The van der Waals surface area contributed by atoms with Crippen LogP contribution in [0.15, 0.2) is 126 Å². The van der Waals surface area contributed by atoms with Crippen molar-refractivity contribution in [2.24, 2.45) is 20.5 Å². The van der Waals surface area contributed by atoms with E-state index in [9.17, 15) is 50.2 Å². The van der Waals surface area contributed by atoms with E-state index in [0.717, 1.165) is 24.3 Å². The van der Waals surface area contributed by atoms with Crippen LogP contribution >= 0.6 is 0 Å². The smallest absolute Gasteiger partial charge is 0.295 e. The summed E-state index contributed by atoms with van der Waals surface area (Å²) in [7, 11) is -10.4. The fraction of sp³-hybridized carbons (Fsp3) is 0.0588. The van der Waals surface area contributed by atoms with Gasteiger partial charge >= 0.3 is 0 Å². The van der Waals surface area contributed by atoms with E-state index in [-0.39, 0.29) is 43.4 Å². The Labute approximate surface area is 313 Å². The number of azo groups is 2. The molecule has 8 N–H and O–H groups in total. The van der Waals surface area contributed by atoms with Crippen molar-refractivity contribution in [3.8, 4) is 23.0 Å². The van der Waals surface area contributed by atoms with Crippen molar-refractivity contribution in [3.05, 3.63) is 91.0 Å². The summed E-state index contributed by atoms with van der Waals surface area (Å²) in [6.07, 6.45) is 0. The number of anilines is 2. The number of rotatable bonds is 11. The van der Waals surface area contributed by atoms with Gasteiger partial charge in [-0.1, -0.05) is 12.1 Å². The van der Waals surface area contributed by atoms with Crippen molar-refractivity contribution in [3.63, 3.8) is 0 Å². The van der Waals surface area contributed by atoms with Crippen LogP contribution in [0.4, 0.5) is 34.1 Å². The average molecular weight is 808 g/mol. The number of fused-ring (bicyclic) bond motifs is 2. The lowest BCUT2D eigenvalue weighted by Gasteiger charge is -2.13. The predicted molar refractivity (Wildman–Crippen MR) is 201 cm³/mol. The number of phenolic OH excluding ortho intramolecular Hbond substituents is 4. The standard InChI is InChI=1S/C34H29N7O11S3/c1-35-53(46,47)22-9-11-28(42)26(16-22)38-40-27-17-32(55(50,51)52)24-15-21(8-10-23(24)34(27)45)37-20-7-6-18-13-25(30(44)14-19(18)12-20)39-41-33-29(43)4-3-5-31(33)54(48,49)36-2/h3-17,35-37,42-45H,1-2H3,(H,50,51,52)/b40-38+,41-39+. The molecule has 0 radical (unpaired) electrons. The van der Waals surface area contributed by atoms with Gasteiger partial charge in [-0.05, 0) is 104 Å². The first-order valence-electron chi connectivity index (χ1n) is 15.6. The summed E-state index contributed by atoms with van der Waals surface area (Å²) < 4.78 is 88.6. The minimum atomic E-state index is -4.92. The zero-order chi connectivity index (χ0) is 39.9. The van der Waals surface area contributed by atoms with Crippen LogP contribution in [0.25, 0.3) is 21.5 Å². The molecule has 21 heteroatoms. The number of sulfonamides is 2. The number of nitrogens with zero attached hydrogens (tertiary/aromatic N) is 4. The minimum Gasteiger partial charge on any atom is -0.506 e. The molecule has 0 saturated carbocycles. The Bertz CT molecular complexity index is 2940. The summed E-state index contributed by atoms with van der Waals surface area (Å²) in [4.78, 5) is -1.21. The van der Waals surface area contributed by atoms with Gasteiger partial charge in [0.1, 0.15) is 49.8 Å². The highest BCUT2D eigenvalue weighted by Gasteiger charge is 2.22. The highest BCUT2D eigenvalue weighted by molar-refractivity contribution is 7.89. The zero-order valence-electron chi connectivity index (χ0n) is 28.4. The van der Waals surface area contributed by atoms with E-state index in [1.807, 2.05) is 0 Å². The molecule has 0 aliphatic rings. The van der Waals surface area contributed by atoms with Crippen molar-refractivity contribution < 1.29 is 50.2 Å². The molecule has 0 amide bonds. The van der Waals surface area contributed by atoms with Gasteiger partial charge in [0.05, 0.1) is 4.90 Å². The molecule has 0 aliphatic heterocycles. The molecule has 0 unspecified atom stereocenters. The third-order valence-corrected chi connectivity index (χ3v) is 11.9. The van der Waals surface area contributed by atoms with Crippen molar-refractivity contribution in [2.45, 2.75) is 14.7 Å². The number of hydrogen-bond donors (Lipinski definition) is 8. The highest BCUT2D eigenvalue weighted by atomic mass is 32.2. The van der Waals surface area contributed by atoms with E-state index < -0.39 is 58.0 Å². The predicted octanol–water partition coefficient (Wildman–Crippen LogP) is 6.45. The molecule has 6 aromatic rings. The maximum atomic E-state index is 12.5. The summed E-state index contributed by atoms with van der Waals surface area (Å²) in [5, 5.41) is 61.8. The van der Waals surface area contributed by atoms with Crippen LogP contribution in [-0.2, 0) is 30.2 Å². The van der Waals surface area contributed by atoms with E-state index in [4.69, 9.17) is 0 Å². The number of phenols is 4. The quantitative estimate of drug-likeness (QED) is 0.0517. The lowest BCUT2D eigenvalue weighted by atomic mass is 10.1. The average Bonchev–Trinajstić information content (AvgIpc) is 3.14.